The fourth-order valence-electron chi connectivity index (χ4n) is 7.36. The van der Waals surface area contributed by atoms with Gasteiger partial charge in [-0.2, -0.15) is 0 Å². The Morgan fingerprint density at radius 3 is 2.59 bits per heavy atom. The van der Waals surface area contributed by atoms with Crippen LogP contribution in [0.5, 0.6) is 0 Å². The van der Waals surface area contributed by atoms with Crippen molar-refractivity contribution in [1.82, 2.24) is 0 Å². The Bertz CT molecular complexity index is 707. The summed E-state index contributed by atoms with van der Waals surface area (Å²) in [6, 6.07) is 0. The van der Waals surface area contributed by atoms with Crippen molar-refractivity contribution in [2.24, 2.45) is 34.5 Å². The molecule has 0 spiro atoms. The highest BCUT2D eigenvalue weighted by Gasteiger charge is 2.60. The molecule has 0 bridgehead atoms. The van der Waals surface area contributed by atoms with E-state index in [2.05, 4.69) is 13.8 Å². The minimum atomic E-state index is -0.377. The molecule has 0 N–H and O–H groups in total. The van der Waals surface area contributed by atoms with Crippen LogP contribution in [0.3, 0.4) is 0 Å². The van der Waals surface area contributed by atoms with Crippen LogP contribution in [0.4, 0.5) is 0 Å². The third-order valence-corrected chi connectivity index (χ3v) is 8.77. The number of hydrogen-bond donors (Lipinski definition) is 0. The molecule has 4 heteroatoms. The molecule has 0 aliphatic heterocycles. The van der Waals surface area contributed by atoms with Gasteiger partial charge < -0.3 is 4.74 Å². The fourth-order valence-corrected chi connectivity index (χ4v) is 7.36. The van der Waals surface area contributed by atoms with E-state index in [1.807, 2.05) is 6.08 Å². The van der Waals surface area contributed by atoms with Gasteiger partial charge in [0.05, 0.1) is 0 Å². The highest BCUT2D eigenvalue weighted by Crippen LogP contribution is 2.66. The van der Waals surface area contributed by atoms with E-state index in [1.54, 1.807) is 0 Å². The topological polar surface area (TPSA) is 60.4 Å². The van der Waals surface area contributed by atoms with Crippen LogP contribution < -0.4 is 0 Å². The zero-order valence-corrected chi connectivity index (χ0v) is 16.9. The molecule has 4 rings (SSSR count). The third kappa shape index (κ3) is 2.91. The average Bonchev–Trinajstić information content (AvgIpc) is 2.97. The molecule has 0 radical (unpaired) electrons. The molecule has 0 amide bonds. The van der Waals surface area contributed by atoms with E-state index in [4.69, 9.17) is 4.74 Å². The Morgan fingerprint density at radius 2 is 1.85 bits per heavy atom. The predicted molar refractivity (Wildman–Crippen MR) is 102 cm³/mol. The highest BCUT2D eigenvalue weighted by atomic mass is 16.5. The molecular formula is C23H32O4. The van der Waals surface area contributed by atoms with Crippen molar-refractivity contribution in [2.45, 2.75) is 72.1 Å². The zero-order valence-electron chi connectivity index (χ0n) is 16.9. The summed E-state index contributed by atoms with van der Waals surface area (Å²) in [5.74, 6) is 1.95. The summed E-state index contributed by atoms with van der Waals surface area (Å²) in [6.45, 7) is 6.00. The number of esters is 1. The Kier molecular flexibility index (Phi) is 4.59. The highest BCUT2D eigenvalue weighted by molar-refractivity contribution is 5.91. The lowest BCUT2D eigenvalue weighted by Crippen LogP contribution is -2.51. The summed E-state index contributed by atoms with van der Waals surface area (Å²) in [5.41, 5.74) is 1.61. The van der Waals surface area contributed by atoms with Crippen molar-refractivity contribution in [3.63, 3.8) is 0 Å². The van der Waals surface area contributed by atoms with Crippen molar-refractivity contribution in [3.8, 4) is 0 Å². The van der Waals surface area contributed by atoms with Gasteiger partial charge in [0.1, 0.15) is 6.61 Å². The van der Waals surface area contributed by atoms with Crippen molar-refractivity contribution < 1.29 is 19.1 Å². The molecule has 3 saturated carbocycles. The van der Waals surface area contributed by atoms with Gasteiger partial charge in [0.2, 0.25) is 0 Å². The van der Waals surface area contributed by atoms with E-state index in [0.717, 1.165) is 44.9 Å². The maximum absolute atomic E-state index is 12.8. The fraction of sp³-hybridized carbons (Fsp3) is 0.783. The molecule has 6 atom stereocenters. The van der Waals surface area contributed by atoms with Gasteiger partial charge in [0, 0.05) is 19.3 Å². The van der Waals surface area contributed by atoms with E-state index in [-0.39, 0.29) is 35.1 Å². The first-order valence-electron chi connectivity index (χ1n) is 10.7. The molecular weight excluding hydrogens is 340 g/mol. The third-order valence-electron chi connectivity index (χ3n) is 8.77. The zero-order chi connectivity index (χ0) is 19.4. The molecule has 148 valence electrons. The summed E-state index contributed by atoms with van der Waals surface area (Å²) < 4.78 is 5.02. The molecule has 0 aromatic rings. The van der Waals surface area contributed by atoms with Crippen LogP contribution in [0.25, 0.3) is 0 Å². The van der Waals surface area contributed by atoms with E-state index in [1.165, 1.54) is 12.5 Å². The molecule has 0 aromatic carbocycles. The summed E-state index contributed by atoms with van der Waals surface area (Å²) in [5, 5.41) is 0. The molecule has 4 nitrogen and oxygen atoms in total. The lowest BCUT2D eigenvalue weighted by molar-refractivity contribution is -0.149. The standard InChI is InChI=1S/C23H32O4/c1-14(24)27-13-21(26)20-7-6-18-17-5-4-15-12-16(25)8-10-22(15,2)19(17)9-11-23(18,20)3/h12,17-20H,4-11,13H2,1-3H3/t17?,18-,19-,20?,22-,23-/m0/s1. The van der Waals surface area contributed by atoms with Crippen molar-refractivity contribution in [2.75, 3.05) is 6.61 Å². The van der Waals surface area contributed by atoms with E-state index in [9.17, 15) is 14.4 Å². The summed E-state index contributed by atoms with van der Waals surface area (Å²) in [4.78, 5) is 35.8. The Hall–Kier alpha value is -1.45. The number of fused-ring (bicyclic) bond motifs is 5. The predicted octanol–water partition coefficient (Wildman–Crippen LogP) is 4.27. The van der Waals surface area contributed by atoms with Crippen LogP contribution >= 0.6 is 0 Å². The van der Waals surface area contributed by atoms with E-state index < -0.39 is 0 Å². The van der Waals surface area contributed by atoms with Crippen LogP contribution in [0.15, 0.2) is 11.6 Å². The van der Waals surface area contributed by atoms with Crippen molar-refractivity contribution >= 4 is 17.5 Å². The smallest absolute Gasteiger partial charge is 0.303 e. The van der Waals surface area contributed by atoms with Gasteiger partial charge in [-0.3, -0.25) is 14.4 Å². The van der Waals surface area contributed by atoms with Crippen molar-refractivity contribution in [3.05, 3.63) is 11.6 Å². The van der Waals surface area contributed by atoms with Gasteiger partial charge in [0.25, 0.3) is 0 Å². The van der Waals surface area contributed by atoms with Crippen LogP contribution in [0.1, 0.15) is 72.1 Å². The second-order valence-corrected chi connectivity index (χ2v) is 9.89. The molecule has 3 fully saturated rings. The normalized spacial score (nSPS) is 43.2. The lowest BCUT2D eigenvalue weighted by Gasteiger charge is -2.58. The summed E-state index contributed by atoms with van der Waals surface area (Å²) in [7, 11) is 0. The summed E-state index contributed by atoms with van der Waals surface area (Å²) >= 11 is 0. The number of rotatable bonds is 3. The summed E-state index contributed by atoms with van der Waals surface area (Å²) in [6.07, 6.45) is 10.1. The number of ether oxygens (including phenoxy) is 1. The number of carbonyl (C=O) groups is 3. The van der Waals surface area contributed by atoms with E-state index >= 15 is 0 Å². The number of ketones is 2. The van der Waals surface area contributed by atoms with Crippen LogP contribution in [-0.2, 0) is 19.1 Å². The largest absolute Gasteiger partial charge is 0.458 e. The lowest BCUT2D eigenvalue weighted by atomic mass is 9.46. The Labute approximate surface area is 162 Å². The van der Waals surface area contributed by atoms with Crippen molar-refractivity contribution in [1.29, 1.82) is 0 Å². The first kappa shape index (κ1) is 18.9. The molecule has 0 aromatic heterocycles. The molecule has 0 saturated heterocycles. The quantitative estimate of drug-likeness (QED) is 0.694. The Balaban J connectivity index is 1.56. The Morgan fingerprint density at radius 1 is 1.07 bits per heavy atom. The number of allylic oxidation sites excluding steroid dienone is 1. The number of hydrogen-bond acceptors (Lipinski definition) is 4. The minimum Gasteiger partial charge on any atom is -0.458 e. The molecule has 0 heterocycles. The van der Waals surface area contributed by atoms with Crippen LogP contribution in [-0.4, -0.2) is 24.1 Å². The van der Waals surface area contributed by atoms with Gasteiger partial charge in [-0.25, -0.2) is 0 Å². The molecule has 2 unspecified atom stereocenters. The van der Waals surface area contributed by atoms with Gasteiger partial charge in [-0.05, 0) is 79.6 Å². The maximum atomic E-state index is 12.8. The van der Waals surface area contributed by atoms with Crippen LogP contribution in [0, 0.1) is 34.5 Å². The first-order chi connectivity index (χ1) is 12.8. The molecule has 4 aliphatic carbocycles. The van der Waals surface area contributed by atoms with Gasteiger partial charge >= 0.3 is 5.97 Å². The second-order valence-electron chi connectivity index (χ2n) is 9.89. The maximum Gasteiger partial charge on any atom is 0.303 e. The number of carbonyl (C=O) groups excluding carboxylic acids is 3. The van der Waals surface area contributed by atoms with Gasteiger partial charge in [-0.15, -0.1) is 0 Å². The minimum absolute atomic E-state index is 0.0282. The first-order valence-corrected chi connectivity index (χ1v) is 10.7. The number of Topliss-reactive ketones (excluding diaryl/α,β-unsaturated/α-hetero) is 1. The van der Waals surface area contributed by atoms with Gasteiger partial charge in [0.15, 0.2) is 11.6 Å². The van der Waals surface area contributed by atoms with Crippen LogP contribution in [0.2, 0.25) is 0 Å². The molecule has 27 heavy (non-hydrogen) atoms. The van der Waals surface area contributed by atoms with E-state index in [0.29, 0.717) is 30.0 Å². The average molecular weight is 373 g/mol. The molecule has 4 aliphatic rings. The monoisotopic (exact) mass is 372 g/mol. The second kappa shape index (κ2) is 6.56. The van der Waals surface area contributed by atoms with Gasteiger partial charge in [-0.1, -0.05) is 19.4 Å². The SMILES string of the molecule is CC(=O)OCC(=O)C1CC[C@H]2C3CCC4=CC(=O)CC[C@]4(C)[C@H]3CC[C@]12C.